The minimum absolute atomic E-state index is 0.00515. The molecule has 3 aromatic rings. The van der Waals surface area contributed by atoms with E-state index in [-0.39, 0.29) is 32.1 Å². The number of amides is 2. The SMILES string of the molecule is COc1ccc(COC(=O)[C@H](CCNC(=O)OC(C)(C)C)NC(=O)OCC2c3ccccc3-c3ccccc32)cc1. The van der Waals surface area contributed by atoms with Crippen LogP contribution in [0.5, 0.6) is 5.75 Å². The van der Waals surface area contributed by atoms with Crippen molar-refractivity contribution in [2.75, 3.05) is 20.3 Å². The number of ether oxygens (including phenoxy) is 4. The molecule has 0 heterocycles. The summed E-state index contributed by atoms with van der Waals surface area (Å²) in [5.74, 6) is -0.0918. The van der Waals surface area contributed by atoms with Crippen molar-refractivity contribution in [3.63, 3.8) is 0 Å². The molecule has 1 aliphatic carbocycles. The van der Waals surface area contributed by atoms with Crippen molar-refractivity contribution < 1.29 is 33.3 Å². The van der Waals surface area contributed by atoms with E-state index in [2.05, 4.69) is 22.8 Å². The summed E-state index contributed by atoms with van der Waals surface area (Å²) >= 11 is 0. The van der Waals surface area contributed by atoms with Gasteiger partial charge in [-0.05, 0) is 67.1 Å². The van der Waals surface area contributed by atoms with Crippen LogP contribution < -0.4 is 15.4 Å². The van der Waals surface area contributed by atoms with Gasteiger partial charge >= 0.3 is 18.2 Å². The first-order chi connectivity index (χ1) is 19.6. The molecule has 9 heteroatoms. The average molecular weight is 561 g/mol. The van der Waals surface area contributed by atoms with Crippen molar-refractivity contribution in [1.82, 2.24) is 10.6 Å². The van der Waals surface area contributed by atoms with Gasteiger partial charge in [-0.25, -0.2) is 14.4 Å². The summed E-state index contributed by atoms with van der Waals surface area (Å²) in [6.45, 7) is 5.44. The van der Waals surface area contributed by atoms with Gasteiger partial charge in [-0.1, -0.05) is 60.7 Å². The standard InChI is InChI=1S/C32H36N2O7/c1-32(2,3)41-30(36)33-18-17-28(29(35)39-19-21-13-15-22(38-4)16-14-21)34-31(37)40-20-27-25-11-7-5-9-23(25)24-10-6-8-12-26(24)27/h5-16,27-28H,17-20H2,1-4H3,(H,33,36)(H,34,37)/t28-/m0/s1. The van der Waals surface area contributed by atoms with E-state index in [0.29, 0.717) is 5.75 Å². The Kier molecular flexibility index (Phi) is 9.49. The zero-order valence-corrected chi connectivity index (χ0v) is 23.8. The fourth-order valence-corrected chi connectivity index (χ4v) is 4.64. The molecule has 216 valence electrons. The molecule has 0 unspecified atom stereocenters. The van der Waals surface area contributed by atoms with Crippen molar-refractivity contribution >= 4 is 18.2 Å². The zero-order valence-electron chi connectivity index (χ0n) is 23.8. The zero-order chi connectivity index (χ0) is 29.4. The molecule has 0 radical (unpaired) electrons. The number of hydrogen-bond donors (Lipinski definition) is 2. The maximum Gasteiger partial charge on any atom is 0.407 e. The van der Waals surface area contributed by atoms with Crippen LogP contribution in [0.4, 0.5) is 9.59 Å². The van der Waals surface area contributed by atoms with Gasteiger partial charge in [0.1, 0.15) is 30.6 Å². The van der Waals surface area contributed by atoms with Gasteiger partial charge in [0.25, 0.3) is 0 Å². The van der Waals surface area contributed by atoms with Gasteiger partial charge in [-0.3, -0.25) is 0 Å². The van der Waals surface area contributed by atoms with Crippen LogP contribution >= 0.6 is 0 Å². The molecule has 1 atom stereocenters. The van der Waals surface area contributed by atoms with Gasteiger partial charge in [0.05, 0.1) is 7.11 Å². The Bertz CT molecular complexity index is 1320. The number of alkyl carbamates (subject to hydrolysis) is 2. The number of carbonyl (C=O) groups excluding carboxylic acids is 3. The van der Waals surface area contributed by atoms with E-state index >= 15 is 0 Å². The van der Waals surface area contributed by atoms with Crippen molar-refractivity contribution in [2.24, 2.45) is 0 Å². The Morgan fingerprint density at radius 1 is 0.829 bits per heavy atom. The van der Waals surface area contributed by atoms with Crippen molar-refractivity contribution in [3.05, 3.63) is 89.5 Å². The lowest BCUT2D eigenvalue weighted by atomic mass is 9.98. The number of benzene rings is 3. The molecule has 0 saturated carbocycles. The Morgan fingerprint density at radius 2 is 1.44 bits per heavy atom. The van der Waals surface area contributed by atoms with Crippen molar-refractivity contribution in [2.45, 2.75) is 51.4 Å². The van der Waals surface area contributed by atoms with Crippen LogP contribution in [0, 0.1) is 0 Å². The summed E-state index contributed by atoms with van der Waals surface area (Å²) in [5, 5.41) is 5.23. The summed E-state index contributed by atoms with van der Waals surface area (Å²) in [4.78, 5) is 38.0. The quantitative estimate of drug-likeness (QED) is 0.247. The normalized spacial score (nSPS) is 12.9. The molecule has 0 aromatic heterocycles. The van der Waals surface area contributed by atoms with Gasteiger partial charge in [0.2, 0.25) is 0 Å². The Balaban J connectivity index is 1.38. The minimum Gasteiger partial charge on any atom is -0.497 e. The second-order valence-corrected chi connectivity index (χ2v) is 10.7. The van der Waals surface area contributed by atoms with E-state index in [4.69, 9.17) is 18.9 Å². The molecule has 2 N–H and O–H groups in total. The molecule has 0 saturated heterocycles. The molecule has 41 heavy (non-hydrogen) atoms. The van der Waals surface area contributed by atoms with Gasteiger partial charge in [0, 0.05) is 12.5 Å². The fraction of sp³-hybridized carbons (Fsp3) is 0.344. The number of fused-ring (bicyclic) bond motifs is 3. The minimum atomic E-state index is -1.06. The molecule has 1 aliphatic rings. The molecule has 0 aliphatic heterocycles. The molecule has 2 amide bonds. The molecule has 0 fully saturated rings. The van der Waals surface area contributed by atoms with Gasteiger partial charge in [0.15, 0.2) is 0 Å². The van der Waals surface area contributed by atoms with Crippen LogP contribution in [0.25, 0.3) is 11.1 Å². The van der Waals surface area contributed by atoms with Crippen LogP contribution in [-0.2, 0) is 25.6 Å². The van der Waals surface area contributed by atoms with E-state index in [1.165, 1.54) is 0 Å². The van der Waals surface area contributed by atoms with Gasteiger partial charge < -0.3 is 29.6 Å². The number of rotatable bonds is 10. The predicted octanol–water partition coefficient (Wildman–Crippen LogP) is 5.56. The number of esters is 1. The highest BCUT2D eigenvalue weighted by molar-refractivity contribution is 5.82. The molecule has 4 rings (SSSR count). The third-order valence-electron chi connectivity index (χ3n) is 6.56. The van der Waals surface area contributed by atoms with Crippen LogP contribution in [0.15, 0.2) is 72.8 Å². The van der Waals surface area contributed by atoms with Crippen LogP contribution in [-0.4, -0.2) is 50.1 Å². The third-order valence-corrected chi connectivity index (χ3v) is 6.56. The third kappa shape index (κ3) is 8.00. The van der Waals surface area contributed by atoms with E-state index in [9.17, 15) is 14.4 Å². The number of hydrogen-bond acceptors (Lipinski definition) is 7. The van der Waals surface area contributed by atoms with Crippen molar-refractivity contribution in [3.8, 4) is 16.9 Å². The lowest BCUT2D eigenvalue weighted by molar-refractivity contribution is -0.147. The van der Waals surface area contributed by atoms with Crippen LogP contribution in [0.2, 0.25) is 0 Å². The lowest BCUT2D eigenvalue weighted by Crippen LogP contribution is -2.44. The molecule has 9 nitrogen and oxygen atoms in total. The van der Waals surface area contributed by atoms with Crippen LogP contribution in [0.1, 0.15) is 49.8 Å². The Hall–Kier alpha value is -4.53. The highest BCUT2D eigenvalue weighted by Gasteiger charge is 2.30. The Morgan fingerprint density at radius 3 is 2.02 bits per heavy atom. The highest BCUT2D eigenvalue weighted by Crippen LogP contribution is 2.44. The summed E-state index contributed by atoms with van der Waals surface area (Å²) in [5.41, 5.74) is 4.49. The molecule has 0 bridgehead atoms. The first-order valence-electron chi connectivity index (χ1n) is 13.5. The molecule has 3 aromatic carbocycles. The monoisotopic (exact) mass is 560 g/mol. The number of carbonyl (C=O) groups is 3. The van der Waals surface area contributed by atoms with E-state index in [0.717, 1.165) is 27.8 Å². The summed E-state index contributed by atoms with van der Waals surface area (Å²) < 4.78 is 21.5. The lowest BCUT2D eigenvalue weighted by Gasteiger charge is -2.21. The topological polar surface area (TPSA) is 112 Å². The van der Waals surface area contributed by atoms with E-state index in [1.807, 2.05) is 36.4 Å². The van der Waals surface area contributed by atoms with Crippen molar-refractivity contribution in [1.29, 1.82) is 0 Å². The summed E-state index contributed by atoms with van der Waals surface area (Å²) in [6, 6.07) is 22.1. The van der Waals surface area contributed by atoms with E-state index < -0.39 is 29.8 Å². The fourth-order valence-electron chi connectivity index (χ4n) is 4.64. The smallest absolute Gasteiger partial charge is 0.407 e. The highest BCUT2D eigenvalue weighted by atomic mass is 16.6. The molecular weight excluding hydrogens is 524 g/mol. The van der Waals surface area contributed by atoms with Gasteiger partial charge in [-0.2, -0.15) is 0 Å². The molecule has 0 spiro atoms. The second-order valence-electron chi connectivity index (χ2n) is 10.7. The summed E-state index contributed by atoms with van der Waals surface area (Å²) in [7, 11) is 1.57. The molecular formula is C32H36N2O7. The largest absolute Gasteiger partial charge is 0.497 e. The first-order valence-corrected chi connectivity index (χ1v) is 13.5. The maximum atomic E-state index is 13.0. The first kappa shape index (κ1) is 29.5. The van der Waals surface area contributed by atoms with Crippen LogP contribution in [0.3, 0.4) is 0 Å². The second kappa shape index (κ2) is 13.2. The van der Waals surface area contributed by atoms with Gasteiger partial charge in [-0.15, -0.1) is 0 Å². The Labute approximate surface area is 240 Å². The number of methoxy groups -OCH3 is 1. The predicted molar refractivity (Wildman–Crippen MR) is 154 cm³/mol. The summed E-state index contributed by atoms with van der Waals surface area (Å²) in [6.07, 6.45) is -1.30. The maximum absolute atomic E-state index is 13.0. The number of nitrogens with one attached hydrogen (secondary N) is 2. The average Bonchev–Trinajstić information content (AvgIpc) is 3.27. The van der Waals surface area contributed by atoms with E-state index in [1.54, 1.807) is 52.1 Å².